The number of carbonyl (C=O) groups is 1. The number of carbonyl (C=O) groups excluding carboxylic acids is 1. The van der Waals surface area contributed by atoms with Gasteiger partial charge in [0.15, 0.2) is 0 Å². The first-order chi connectivity index (χ1) is 9.78. The standard InChI is InChI=1S/C16H21NO3/c18-11-12-8-9-17(10-12)16(19)14-6-1-2-7-15(14)20-13-4-3-5-13/h1-2,6-7,12-13,18H,3-5,8-11H2. The van der Waals surface area contributed by atoms with E-state index in [2.05, 4.69) is 0 Å². The SMILES string of the molecule is O=C(c1ccccc1OC1CCC1)N1CCC(CO)C1. The Bertz CT molecular complexity index is 484. The lowest BCUT2D eigenvalue weighted by molar-refractivity contribution is 0.0763. The fourth-order valence-electron chi connectivity index (χ4n) is 2.75. The van der Waals surface area contributed by atoms with E-state index in [4.69, 9.17) is 4.74 Å². The highest BCUT2D eigenvalue weighted by Gasteiger charge is 2.29. The van der Waals surface area contributed by atoms with E-state index in [1.807, 2.05) is 29.2 Å². The molecule has 4 nitrogen and oxygen atoms in total. The Morgan fingerprint density at radius 3 is 2.75 bits per heavy atom. The molecular weight excluding hydrogens is 254 g/mol. The average molecular weight is 275 g/mol. The zero-order valence-corrected chi connectivity index (χ0v) is 11.6. The molecule has 0 aromatic heterocycles. The first kappa shape index (κ1) is 13.4. The molecule has 108 valence electrons. The Morgan fingerprint density at radius 2 is 2.10 bits per heavy atom. The number of ether oxygens (including phenoxy) is 1. The number of hydrogen-bond acceptors (Lipinski definition) is 3. The van der Waals surface area contributed by atoms with Crippen molar-refractivity contribution in [1.82, 2.24) is 4.90 Å². The summed E-state index contributed by atoms with van der Waals surface area (Å²) in [7, 11) is 0. The second kappa shape index (κ2) is 5.83. The lowest BCUT2D eigenvalue weighted by Crippen LogP contribution is -2.31. The summed E-state index contributed by atoms with van der Waals surface area (Å²) in [6.07, 6.45) is 4.53. The van der Waals surface area contributed by atoms with Crippen LogP contribution in [0.5, 0.6) is 5.75 Å². The zero-order chi connectivity index (χ0) is 13.9. The molecule has 1 amide bonds. The molecule has 1 unspecified atom stereocenters. The fourth-order valence-corrected chi connectivity index (χ4v) is 2.75. The molecule has 20 heavy (non-hydrogen) atoms. The number of para-hydroxylation sites is 1. The highest BCUT2D eigenvalue weighted by Crippen LogP contribution is 2.29. The van der Waals surface area contributed by atoms with Crippen molar-refractivity contribution in [3.05, 3.63) is 29.8 Å². The van der Waals surface area contributed by atoms with E-state index < -0.39 is 0 Å². The lowest BCUT2D eigenvalue weighted by Gasteiger charge is -2.28. The van der Waals surface area contributed by atoms with Gasteiger partial charge in [-0.25, -0.2) is 0 Å². The summed E-state index contributed by atoms with van der Waals surface area (Å²) in [4.78, 5) is 14.4. The molecule has 3 rings (SSSR count). The first-order valence-corrected chi connectivity index (χ1v) is 7.43. The van der Waals surface area contributed by atoms with Gasteiger partial charge in [0.1, 0.15) is 5.75 Å². The number of aliphatic hydroxyl groups excluding tert-OH is 1. The number of rotatable bonds is 4. The summed E-state index contributed by atoms with van der Waals surface area (Å²) in [5.74, 6) is 0.948. The van der Waals surface area contributed by atoms with Crippen molar-refractivity contribution in [2.24, 2.45) is 5.92 Å². The summed E-state index contributed by atoms with van der Waals surface area (Å²) in [6.45, 7) is 1.53. The summed E-state index contributed by atoms with van der Waals surface area (Å²) in [6, 6.07) is 7.50. The molecule has 1 heterocycles. The minimum atomic E-state index is 0.0240. The van der Waals surface area contributed by atoms with Crippen molar-refractivity contribution in [2.45, 2.75) is 31.8 Å². The lowest BCUT2D eigenvalue weighted by atomic mass is 9.96. The third kappa shape index (κ3) is 2.66. The van der Waals surface area contributed by atoms with E-state index in [-0.39, 0.29) is 24.5 Å². The van der Waals surface area contributed by atoms with Gasteiger partial charge in [-0.3, -0.25) is 4.79 Å². The van der Waals surface area contributed by atoms with Crippen LogP contribution in [0.15, 0.2) is 24.3 Å². The van der Waals surface area contributed by atoms with Gasteiger partial charge < -0.3 is 14.7 Å². The molecule has 1 aromatic carbocycles. The number of hydrogen-bond donors (Lipinski definition) is 1. The molecular formula is C16H21NO3. The predicted molar refractivity (Wildman–Crippen MR) is 75.8 cm³/mol. The maximum Gasteiger partial charge on any atom is 0.257 e. The van der Waals surface area contributed by atoms with Gasteiger partial charge >= 0.3 is 0 Å². The van der Waals surface area contributed by atoms with Crippen LogP contribution in [0.4, 0.5) is 0 Å². The van der Waals surface area contributed by atoms with E-state index in [0.717, 1.165) is 25.8 Å². The van der Waals surface area contributed by atoms with Crippen molar-refractivity contribution in [1.29, 1.82) is 0 Å². The van der Waals surface area contributed by atoms with Crippen molar-refractivity contribution in [3.8, 4) is 5.75 Å². The summed E-state index contributed by atoms with van der Waals surface area (Å²) in [5.41, 5.74) is 0.651. The Kier molecular flexibility index (Phi) is 3.92. The van der Waals surface area contributed by atoms with Gasteiger partial charge in [-0.1, -0.05) is 12.1 Å². The van der Waals surface area contributed by atoms with Gasteiger partial charge in [0.25, 0.3) is 5.91 Å². The third-order valence-electron chi connectivity index (χ3n) is 4.29. The monoisotopic (exact) mass is 275 g/mol. The van der Waals surface area contributed by atoms with Crippen molar-refractivity contribution in [2.75, 3.05) is 19.7 Å². The molecule has 1 atom stereocenters. The molecule has 2 aliphatic rings. The second-order valence-electron chi connectivity index (χ2n) is 5.76. The van der Waals surface area contributed by atoms with Crippen LogP contribution in [0.2, 0.25) is 0 Å². The number of benzene rings is 1. The van der Waals surface area contributed by atoms with Crippen LogP contribution in [-0.4, -0.2) is 41.7 Å². The molecule has 0 spiro atoms. The van der Waals surface area contributed by atoms with Gasteiger partial charge in [-0.15, -0.1) is 0 Å². The van der Waals surface area contributed by atoms with Crippen LogP contribution in [0, 0.1) is 5.92 Å². The van der Waals surface area contributed by atoms with Crippen LogP contribution in [-0.2, 0) is 0 Å². The first-order valence-electron chi connectivity index (χ1n) is 7.43. The quantitative estimate of drug-likeness (QED) is 0.915. The Balaban J connectivity index is 1.73. The van der Waals surface area contributed by atoms with E-state index in [1.54, 1.807) is 0 Å². The Hall–Kier alpha value is -1.55. The van der Waals surface area contributed by atoms with E-state index in [9.17, 15) is 9.90 Å². The largest absolute Gasteiger partial charge is 0.490 e. The van der Waals surface area contributed by atoms with Crippen molar-refractivity contribution >= 4 is 5.91 Å². The van der Waals surface area contributed by atoms with Crippen LogP contribution in [0.1, 0.15) is 36.0 Å². The molecule has 0 radical (unpaired) electrons. The van der Waals surface area contributed by atoms with Crippen LogP contribution in [0.25, 0.3) is 0 Å². The van der Waals surface area contributed by atoms with E-state index in [0.29, 0.717) is 17.9 Å². The zero-order valence-electron chi connectivity index (χ0n) is 11.6. The van der Waals surface area contributed by atoms with Crippen LogP contribution >= 0.6 is 0 Å². The van der Waals surface area contributed by atoms with E-state index in [1.165, 1.54) is 6.42 Å². The molecule has 0 bridgehead atoms. The third-order valence-corrected chi connectivity index (χ3v) is 4.29. The normalized spacial score (nSPS) is 22.6. The number of likely N-dealkylation sites (tertiary alicyclic amines) is 1. The molecule has 1 saturated carbocycles. The average Bonchev–Trinajstić information content (AvgIpc) is 2.91. The number of nitrogens with zero attached hydrogens (tertiary/aromatic N) is 1. The maximum absolute atomic E-state index is 12.6. The number of aliphatic hydroxyl groups is 1. The molecule has 1 aromatic rings. The summed E-state index contributed by atoms with van der Waals surface area (Å²) in [5, 5.41) is 9.19. The Labute approximate surface area is 119 Å². The van der Waals surface area contributed by atoms with Gasteiger partial charge in [-0.2, -0.15) is 0 Å². The Morgan fingerprint density at radius 1 is 1.30 bits per heavy atom. The predicted octanol–water partition coefficient (Wildman–Crippen LogP) is 2.07. The van der Waals surface area contributed by atoms with Gasteiger partial charge in [-0.05, 0) is 37.8 Å². The van der Waals surface area contributed by atoms with E-state index >= 15 is 0 Å². The molecule has 1 saturated heterocycles. The highest BCUT2D eigenvalue weighted by atomic mass is 16.5. The van der Waals surface area contributed by atoms with Crippen LogP contribution in [0.3, 0.4) is 0 Å². The highest BCUT2D eigenvalue weighted by molar-refractivity contribution is 5.97. The summed E-state index contributed by atoms with van der Waals surface area (Å²) >= 11 is 0. The topological polar surface area (TPSA) is 49.8 Å². The summed E-state index contributed by atoms with van der Waals surface area (Å²) < 4.78 is 5.92. The van der Waals surface area contributed by atoms with Gasteiger partial charge in [0.2, 0.25) is 0 Å². The van der Waals surface area contributed by atoms with Crippen LogP contribution < -0.4 is 4.74 Å². The molecule has 1 N–H and O–H groups in total. The smallest absolute Gasteiger partial charge is 0.257 e. The fraction of sp³-hybridized carbons (Fsp3) is 0.562. The molecule has 4 heteroatoms. The molecule has 1 aliphatic heterocycles. The van der Waals surface area contributed by atoms with Crippen molar-refractivity contribution in [3.63, 3.8) is 0 Å². The second-order valence-corrected chi connectivity index (χ2v) is 5.76. The van der Waals surface area contributed by atoms with Gasteiger partial charge in [0.05, 0.1) is 11.7 Å². The maximum atomic E-state index is 12.6. The van der Waals surface area contributed by atoms with Crippen molar-refractivity contribution < 1.29 is 14.6 Å². The minimum Gasteiger partial charge on any atom is -0.490 e. The number of amides is 1. The molecule has 2 fully saturated rings. The van der Waals surface area contributed by atoms with Gasteiger partial charge in [0, 0.05) is 25.6 Å². The minimum absolute atomic E-state index is 0.0240. The molecule has 1 aliphatic carbocycles.